The Morgan fingerprint density at radius 3 is 2.45 bits per heavy atom. The van der Waals surface area contributed by atoms with Gasteiger partial charge in [-0.15, -0.1) is 10.2 Å². The highest BCUT2D eigenvalue weighted by Gasteiger charge is 2.43. The molecule has 8 heteroatoms. The first-order chi connectivity index (χ1) is 14.1. The van der Waals surface area contributed by atoms with E-state index in [4.69, 9.17) is 4.74 Å². The van der Waals surface area contributed by atoms with Gasteiger partial charge in [0.25, 0.3) is 0 Å². The molecule has 0 radical (unpaired) electrons. The third-order valence-corrected chi connectivity index (χ3v) is 5.99. The monoisotopic (exact) mass is 414 g/mol. The van der Waals surface area contributed by atoms with Gasteiger partial charge in [-0.3, -0.25) is 0 Å². The molecule has 2 heterocycles. The number of hydrogen-bond acceptors (Lipinski definition) is 8. The number of hydrogen-bond donors (Lipinski definition) is 4. The molecule has 0 amide bonds. The van der Waals surface area contributed by atoms with Gasteiger partial charge in [0, 0.05) is 12.0 Å². The molecule has 1 saturated heterocycles. The zero-order chi connectivity index (χ0) is 20.4. The van der Waals surface area contributed by atoms with Crippen molar-refractivity contribution in [1.29, 1.82) is 0 Å². The van der Waals surface area contributed by atoms with Crippen LogP contribution in [0.25, 0.3) is 10.6 Å². The lowest BCUT2D eigenvalue weighted by Gasteiger charge is -2.40. The summed E-state index contributed by atoms with van der Waals surface area (Å²) in [6.07, 6.45) is -5.28. The normalized spacial score (nSPS) is 27.1. The van der Waals surface area contributed by atoms with Crippen molar-refractivity contribution in [2.24, 2.45) is 0 Å². The van der Waals surface area contributed by atoms with Crippen LogP contribution in [-0.2, 0) is 11.2 Å². The van der Waals surface area contributed by atoms with Gasteiger partial charge in [0.05, 0.1) is 6.61 Å². The van der Waals surface area contributed by atoms with Crippen molar-refractivity contribution >= 4 is 11.3 Å². The van der Waals surface area contributed by atoms with E-state index in [1.54, 1.807) is 6.07 Å². The minimum atomic E-state index is -1.40. The van der Waals surface area contributed by atoms with Crippen LogP contribution in [0.15, 0.2) is 54.6 Å². The Labute approximate surface area is 171 Å². The maximum atomic E-state index is 10.3. The molecule has 1 aliphatic rings. The van der Waals surface area contributed by atoms with Gasteiger partial charge in [-0.25, -0.2) is 0 Å². The van der Waals surface area contributed by atoms with Crippen LogP contribution in [0, 0.1) is 0 Å². The quantitative estimate of drug-likeness (QED) is 0.497. The van der Waals surface area contributed by atoms with Gasteiger partial charge >= 0.3 is 0 Å². The molecule has 0 bridgehead atoms. The Kier molecular flexibility index (Phi) is 6.00. The molecule has 0 spiro atoms. The molecule has 0 aliphatic carbocycles. The van der Waals surface area contributed by atoms with Crippen molar-refractivity contribution in [1.82, 2.24) is 10.2 Å². The van der Waals surface area contributed by atoms with Crippen molar-refractivity contribution < 1.29 is 25.2 Å². The summed E-state index contributed by atoms with van der Waals surface area (Å²) in [4.78, 5) is 0. The third-order valence-electron chi connectivity index (χ3n) is 5.01. The van der Waals surface area contributed by atoms with Crippen molar-refractivity contribution in [3.05, 3.63) is 70.7 Å². The largest absolute Gasteiger partial charge is 0.394 e. The summed E-state index contributed by atoms with van der Waals surface area (Å²) in [6.45, 7) is -0.450. The van der Waals surface area contributed by atoms with Gasteiger partial charge < -0.3 is 25.2 Å². The molecule has 1 fully saturated rings. The standard InChI is InChI=1S/C21H22N2O5S/c24-11-15-17(25)18(26)19(27)20(28-15)14-8-4-5-12(9-14)10-16-22-23-21(29-16)13-6-2-1-3-7-13/h1-9,15,17-20,24-27H,10-11H2/t15-,17+,18-,19+,20?/m0/s1. The summed E-state index contributed by atoms with van der Waals surface area (Å²) in [7, 11) is 0. The maximum absolute atomic E-state index is 10.3. The summed E-state index contributed by atoms with van der Waals surface area (Å²) in [5, 5.41) is 50.0. The Balaban J connectivity index is 1.53. The lowest BCUT2D eigenvalue weighted by molar-refractivity contribution is -0.231. The van der Waals surface area contributed by atoms with E-state index in [2.05, 4.69) is 10.2 Å². The minimum absolute atomic E-state index is 0.450. The van der Waals surface area contributed by atoms with Gasteiger partial charge in [0.1, 0.15) is 40.5 Å². The number of rotatable bonds is 5. The Hall–Kier alpha value is -2.20. The minimum Gasteiger partial charge on any atom is -0.394 e. The highest BCUT2D eigenvalue weighted by molar-refractivity contribution is 7.14. The van der Waals surface area contributed by atoms with Gasteiger partial charge in [0.15, 0.2) is 0 Å². The lowest BCUT2D eigenvalue weighted by atomic mass is 9.90. The van der Waals surface area contributed by atoms with E-state index < -0.39 is 37.1 Å². The van der Waals surface area contributed by atoms with Crippen LogP contribution in [-0.4, -0.2) is 61.6 Å². The maximum Gasteiger partial charge on any atom is 0.147 e. The van der Waals surface area contributed by atoms with Crippen LogP contribution in [0.5, 0.6) is 0 Å². The zero-order valence-electron chi connectivity index (χ0n) is 15.5. The molecule has 4 rings (SSSR count). The van der Waals surface area contributed by atoms with Crippen LogP contribution in [0.1, 0.15) is 22.2 Å². The second kappa shape index (κ2) is 8.66. The molecule has 29 heavy (non-hydrogen) atoms. The predicted octanol–water partition coefficient (Wildman–Crippen LogP) is 1.31. The molecule has 2 aromatic carbocycles. The first-order valence-corrected chi connectivity index (χ1v) is 10.2. The van der Waals surface area contributed by atoms with Crippen molar-refractivity contribution in [2.75, 3.05) is 6.61 Å². The molecule has 4 N–H and O–H groups in total. The Morgan fingerprint density at radius 1 is 0.897 bits per heavy atom. The second-order valence-corrected chi connectivity index (χ2v) is 8.10. The molecule has 0 saturated carbocycles. The Bertz CT molecular complexity index is 949. The van der Waals surface area contributed by atoms with E-state index in [9.17, 15) is 20.4 Å². The van der Waals surface area contributed by atoms with Gasteiger partial charge in [0.2, 0.25) is 0 Å². The first kappa shape index (κ1) is 20.1. The van der Waals surface area contributed by atoms with Crippen molar-refractivity contribution in [3.8, 4) is 10.6 Å². The average Bonchev–Trinajstić information content (AvgIpc) is 3.22. The van der Waals surface area contributed by atoms with E-state index in [1.165, 1.54) is 11.3 Å². The molecule has 3 aromatic rings. The van der Waals surface area contributed by atoms with Crippen LogP contribution in [0.2, 0.25) is 0 Å². The number of ether oxygens (including phenoxy) is 1. The molecule has 1 aromatic heterocycles. The highest BCUT2D eigenvalue weighted by Crippen LogP contribution is 2.33. The van der Waals surface area contributed by atoms with Crippen LogP contribution in [0.3, 0.4) is 0 Å². The molecule has 5 atom stereocenters. The van der Waals surface area contributed by atoms with Crippen molar-refractivity contribution in [3.63, 3.8) is 0 Å². The fraction of sp³-hybridized carbons (Fsp3) is 0.333. The van der Waals surface area contributed by atoms with E-state index in [1.807, 2.05) is 48.5 Å². The van der Waals surface area contributed by atoms with Gasteiger partial charge in [-0.05, 0) is 11.1 Å². The smallest absolute Gasteiger partial charge is 0.147 e. The first-order valence-electron chi connectivity index (χ1n) is 9.34. The van der Waals surface area contributed by atoms with Crippen LogP contribution < -0.4 is 0 Å². The fourth-order valence-electron chi connectivity index (χ4n) is 3.45. The second-order valence-electron chi connectivity index (χ2n) is 7.04. The van der Waals surface area contributed by atoms with E-state index in [-0.39, 0.29) is 0 Å². The molecule has 7 nitrogen and oxygen atoms in total. The number of aliphatic hydroxyl groups is 4. The highest BCUT2D eigenvalue weighted by atomic mass is 32.1. The summed E-state index contributed by atoms with van der Waals surface area (Å²) >= 11 is 1.52. The topological polar surface area (TPSA) is 116 Å². The molecule has 1 aliphatic heterocycles. The van der Waals surface area contributed by atoms with Gasteiger partial charge in [-0.2, -0.15) is 0 Å². The molecular weight excluding hydrogens is 392 g/mol. The summed E-state index contributed by atoms with van der Waals surface area (Å²) in [5.74, 6) is 0. The Morgan fingerprint density at radius 2 is 1.69 bits per heavy atom. The summed E-state index contributed by atoms with van der Waals surface area (Å²) < 4.78 is 5.65. The zero-order valence-corrected chi connectivity index (χ0v) is 16.3. The summed E-state index contributed by atoms with van der Waals surface area (Å²) in [5.41, 5.74) is 2.63. The number of benzene rings is 2. The van der Waals surface area contributed by atoms with Crippen LogP contribution in [0.4, 0.5) is 0 Å². The SMILES string of the molecule is OC[C@@H]1OC(c2cccc(Cc3nnc(-c4ccccc4)s3)c2)[C@H](O)[C@@H](O)[C@@H]1O. The van der Waals surface area contributed by atoms with Crippen molar-refractivity contribution in [2.45, 2.75) is 36.9 Å². The molecule has 1 unspecified atom stereocenters. The summed E-state index contributed by atoms with van der Waals surface area (Å²) in [6, 6.07) is 17.3. The molecular formula is C21H22N2O5S. The number of aromatic nitrogens is 2. The fourth-order valence-corrected chi connectivity index (χ4v) is 4.33. The van der Waals surface area contributed by atoms with Gasteiger partial charge in [-0.1, -0.05) is 65.9 Å². The number of aliphatic hydroxyl groups excluding tert-OH is 4. The molecule has 152 valence electrons. The predicted molar refractivity (Wildman–Crippen MR) is 107 cm³/mol. The van der Waals surface area contributed by atoms with Crippen LogP contribution >= 0.6 is 11.3 Å². The van der Waals surface area contributed by atoms with E-state index in [0.717, 1.165) is 21.1 Å². The van der Waals surface area contributed by atoms with E-state index in [0.29, 0.717) is 12.0 Å². The number of nitrogens with zero attached hydrogens (tertiary/aromatic N) is 2. The lowest BCUT2D eigenvalue weighted by Crippen LogP contribution is -2.55. The van der Waals surface area contributed by atoms with E-state index >= 15 is 0 Å². The third kappa shape index (κ3) is 4.23. The average molecular weight is 414 g/mol.